The maximum absolute atomic E-state index is 11.8. The molecule has 17 heavy (non-hydrogen) atoms. The average Bonchev–Trinajstić information content (AvgIpc) is 2.87. The second-order valence-electron chi connectivity index (χ2n) is 3.34. The van der Waals surface area contributed by atoms with Crippen molar-refractivity contribution in [3.05, 3.63) is 27.0 Å². The summed E-state index contributed by atoms with van der Waals surface area (Å²) in [6, 6.07) is 0. The second kappa shape index (κ2) is 6.19. The maximum atomic E-state index is 11.8. The number of methoxy groups -OCH3 is 1. The average molecular weight is 255 g/mol. The Morgan fingerprint density at radius 3 is 3.12 bits per heavy atom. The predicted molar refractivity (Wildman–Crippen MR) is 63.5 cm³/mol. The van der Waals surface area contributed by atoms with Gasteiger partial charge in [-0.2, -0.15) is 0 Å². The Labute approximate surface area is 102 Å². The maximum Gasteiger partial charge on any atom is 0.332 e. The minimum Gasteiger partial charge on any atom is -0.467 e. The number of rotatable bonds is 6. The quantitative estimate of drug-likeness (QED) is 0.273. The lowest BCUT2D eigenvalue weighted by molar-refractivity contribution is -0.148. The van der Waals surface area contributed by atoms with E-state index >= 15 is 0 Å². The van der Waals surface area contributed by atoms with Crippen molar-refractivity contribution in [3.8, 4) is 0 Å². The lowest BCUT2D eigenvalue weighted by Crippen LogP contribution is -2.48. The molecule has 0 aromatic carbocycles. The third kappa shape index (κ3) is 3.16. The van der Waals surface area contributed by atoms with Crippen LogP contribution in [0.1, 0.15) is 11.9 Å². The van der Waals surface area contributed by atoms with Gasteiger partial charge in [0, 0.05) is 29.6 Å². The van der Waals surface area contributed by atoms with Gasteiger partial charge in [0.2, 0.25) is 0 Å². The molecule has 0 saturated carbocycles. The zero-order chi connectivity index (χ0) is 12.7. The first-order chi connectivity index (χ1) is 8.15. The van der Waals surface area contributed by atoms with Crippen LogP contribution in [0.2, 0.25) is 0 Å². The topological polar surface area (TPSA) is 100.0 Å². The molecule has 0 aliphatic carbocycles. The highest BCUT2D eigenvalue weighted by Gasteiger charge is 2.38. The summed E-state index contributed by atoms with van der Waals surface area (Å²) in [5.41, 5.74) is 7.16. The first kappa shape index (κ1) is 13.4. The van der Waals surface area contributed by atoms with Crippen LogP contribution in [0.25, 0.3) is 10.4 Å². The monoisotopic (exact) mass is 255 g/mol. The van der Waals surface area contributed by atoms with Crippen molar-refractivity contribution in [2.75, 3.05) is 20.2 Å². The predicted octanol–water partition coefficient (Wildman–Crippen LogP) is 1.43. The zero-order valence-electron chi connectivity index (χ0n) is 9.58. The van der Waals surface area contributed by atoms with Gasteiger partial charge in [-0.25, -0.2) is 9.78 Å². The number of nitrogens with zero attached hydrogens (tertiary/aromatic N) is 4. The largest absolute Gasteiger partial charge is 0.467 e. The summed E-state index contributed by atoms with van der Waals surface area (Å²) in [5.74, 6) is -0.423. The molecule has 1 aromatic rings. The van der Waals surface area contributed by atoms with Gasteiger partial charge >= 0.3 is 5.97 Å². The van der Waals surface area contributed by atoms with E-state index in [4.69, 9.17) is 10.3 Å². The molecule has 1 heterocycles. The normalized spacial score (nSPS) is 13.5. The van der Waals surface area contributed by atoms with Crippen molar-refractivity contribution in [2.45, 2.75) is 12.5 Å². The zero-order valence-corrected chi connectivity index (χ0v) is 10.4. The Kier molecular flexibility index (Phi) is 4.89. The highest BCUT2D eigenvalue weighted by atomic mass is 32.1. The van der Waals surface area contributed by atoms with Crippen LogP contribution in [0, 0.1) is 0 Å². The van der Waals surface area contributed by atoms with Crippen LogP contribution in [0.5, 0.6) is 0 Å². The number of hydrogen-bond donors (Lipinski definition) is 1. The number of carbonyl (C=O) groups excluding carboxylic acids is 1. The fourth-order valence-corrected chi connectivity index (χ4v) is 2.07. The molecular formula is C9H13N5O2S. The number of aromatic nitrogens is 1. The van der Waals surface area contributed by atoms with Gasteiger partial charge in [-0.15, -0.1) is 11.3 Å². The third-order valence-corrected chi connectivity index (χ3v) is 3.20. The van der Waals surface area contributed by atoms with Crippen molar-refractivity contribution >= 4 is 17.3 Å². The number of esters is 1. The van der Waals surface area contributed by atoms with Crippen LogP contribution in [-0.2, 0) is 15.1 Å². The Morgan fingerprint density at radius 2 is 2.59 bits per heavy atom. The lowest BCUT2D eigenvalue weighted by Gasteiger charge is -2.25. The number of azide groups is 1. The molecule has 1 rings (SSSR count). The van der Waals surface area contributed by atoms with Gasteiger partial charge in [0.1, 0.15) is 5.01 Å². The molecule has 1 N–H and O–H groups in total. The fourth-order valence-electron chi connectivity index (χ4n) is 1.31. The third-order valence-electron chi connectivity index (χ3n) is 2.21. The summed E-state index contributed by atoms with van der Waals surface area (Å²) in [7, 11) is 1.32. The molecule has 1 unspecified atom stereocenters. The molecule has 1 aromatic heterocycles. The minimum absolute atomic E-state index is 0.258. The summed E-state index contributed by atoms with van der Waals surface area (Å²) < 4.78 is 4.76. The number of hydrogen-bond acceptors (Lipinski definition) is 6. The molecule has 1 atom stereocenters. The van der Waals surface area contributed by atoms with Gasteiger partial charge in [0.25, 0.3) is 0 Å². The number of thiazole rings is 1. The molecule has 0 aliphatic rings. The molecule has 7 nitrogen and oxygen atoms in total. The van der Waals surface area contributed by atoms with Crippen LogP contribution in [0.15, 0.2) is 16.7 Å². The first-order valence-corrected chi connectivity index (χ1v) is 5.77. The Bertz CT molecular complexity index is 415. The van der Waals surface area contributed by atoms with Gasteiger partial charge in [-0.1, -0.05) is 5.11 Å². The standard InChI is InChI=1S/C9H13N5O2S/c1-9(8(15)16-2,7-11-5-6-17-7)12-3-4-13-14-10/h5-6,12H,3-4H2,1-2H3. The van der Waals surface area contributed by atoms with E-state index in [1.54, 1.807) is 18.5 Å². The minimum atomic E-state index is -1.01. The number of ether oxygens (including phenoxy) is 1. The van der Waals surface area contributed by atoms with Crippen LogP contribution in [0.3, 0.4) is 0 Å². The number of carbonyl (C=O) groups is 1. The van der Waals surface area contributed by atoms with Crippen molar-refractivity contribution in [1.29, 1.82) is 0 Å². The van der Waals surface area contributed by atoms with Crippen molar-refractivity contribution in [3.63, 3.8) is 0 Å². The lowest BCUT2D eigenvalue weighted by atomic mass is 10.0. The second-order valence-corrected chi connectivity index (χ2v) is 4.23. The van der Waals surface area contributed by atoms with Gasteiger partial charge in [-0.3, -0.25) is 5.32 Å². The Balaban J connectivity index is 2.80. The van der Waals surface area contributed by atoms with E-state index in [1.807, 2.05) is 0 Å². The molecule has 0 saturated heterocycles. The molecule has 0 bridgehead atoms. The number of nitrogens with one attached hydrogen (secondary N) is 1. The molecule has 0 fully saturated rings. The summed E-state index contributed by atoms with van der Waals surface area (Å²) in [5, 5.41) is 8.78. The summed E-state index contributed by atoms with van der Waals surface area (Å²) >= 11 is 1.36. The van der Waals surface area contributed by atoms with E-state index < -0.39 is 11.5 Å². The summed E-state index contributed by atoms with van der Waals surface area (Å²) in [6.07, 6.45) is 1.62. The fraction of sp³-hybridized carbons (Fsp3) is 0.556. The molecule has 8 heteroatoms. The molecule has 0 amide bonds. The van der Waals surface area contributed by atoms with E-state index in [1.165, 1.54) is 18.4 Å². The van der Waals surface area contributed by atoms with Crippen molar-refractivity contribution in [2.24, 2.45) is 5.11 Å². The Hall–Kier alpha value is -1.63. The van der Waals surface area contributed by atoms with Crippen LogP contribution in [-0.4, -0.2) is 31.2 Å². The molecule has 0 spiro atoms. The SMILES string of the molecule is COC(=O)C(C)(NCCN=[N+]=[N-])c1nccs1. The van der Waals surface area contributed by atoms with Crippen LogP contribution < -0.4 is 5.32 Å². The molecule has 0 radical (unpaired) electrons. The van der Waals surface area contributed by atoms with Crippen LogP contribution in [0.4, 0.5) is 0 Å². The first-order valence-electron chi connectivity index (χ1n) is 4.89. The van der Waals surface area contributed by atoms with Crippen molar-refractivity contribution in [1.82, 2.24) is 10.3 Å². The van der Waals surface area contributed by atoms with Gasteiger partial charge in [-0.05, 0) is 12.5 Å². The summed E-state index contributed by atoms with van der Waals surface area (Å²) in [4.78, 5) is 18.5. The molecular weight excluding hydrogens is 242 g/mol. The molecule has 0 aliphatic heterocycles. The Morgan fingerprint density at radius 1 is 1.82 bits per heavy atom. The van der Waals surface area contributed by atoms with E-state index in [0.29, 0.717) is 11.6 Å². The van der Waals surface area contributed by atoms with Gasteiger partial charge in [0.15, 0.2) is 5.54 Å². The van der Waals surface area contributed by atoms with Crippen LogP contribution >= 0.6 is 11.3 Å². The van der Waals surface area contributed by atoms with E-state index in [2.05, 4.69) is 20.3 Å². The summed E-state index contributed by atoms with van der Waals surface area (Å²) in [6.45, 7) is 2.32. The van der Waals surface area contributed by atoms with Gasteiger partial charge < -0.3 is 4.74 Å². The van der Waals surface area contributed by atoms with E-state index in [-0.39, 0.29) is 6.54 Å². The van der Waals surface area contributed by atoms with E-state index in [0.717, 1.165) is 0 Å². The smallest absolute Gasteiger partial charge is 0.332 e. The van der Waals surface area contributed by atoms with Crippen molar-refractivity contribution < 1.29 is 9.53 Å². The van der Waals surface area contributed by atoms with E-state index in [9.17, 15) is 4.79 Å². The van der Waals surface area contributed by atoms with Gasteiger partial charge in [0.05, 0.1) is 7.11 Å². The highest BCUT2D eigenvalue weighted by Crippen LogP contribution is 2.24. The molecule has 92 valence electrons. The highest BCUT2D eigenvalue weighted by molar-refractivity contribution is 7.09.